The smallest absolute Gasteiger partial charge is 0.376 e. The van der Waals surface area contributed by atoms with E-state index >= 15 is 0 Å². The first-order chi connectivity index (χ1) is 9.04. The molecule has 2 aromatic rings. The Morgan fingerprint density at radius 1 is 1.26 bits per heavy atom. The average molecular weight is 259 g/mol. The zero-order valence-corrected chi connectivity index (χ0v) is 10.3. The Morgan fingerprint density at radius 3 is 2.58 bits per heavy atom. The number of fused-ring (bicyclic) bond motifs is 1. The summed E-state index contributed by atoms with van der Waals surface area (Å²) in [4.78, 5) is 21.6. The van der Waals surface area contributed by atoms with Gasteiger partial charge in [0.1, 0.15) is 5.76 Å². The number of benzene rings is 1. The highest BCUT2D eigenvalue weighted by molar-refractivity contribution is 6.38. The van der Waals surface area contributed by atoms with Gasteiger partial charge >= 0.3 is 5.97 Å². The lowest BCUT2D eigenvalue weighted by molar-refractivity contribution is -0.146. The van der Waals surface area contributed by atoms with E-state index in [-0.39, 0.29) is 5.76 Å². The average Bonchev–Trinajstić information content (AvgIpc) is 2.76. The van der Waals surface area contributed by atoms with Crippen molar-refractivity contribution in [3.8, 4) is 0 Å². The predicted octanol–water partition coefficient (Wildman–Crippen LogP) is 2.21. The fourth-order valence-corrected chi connectivity index (χ4v) is 2.02. The van der Waals surface area contributed by atoms with E-state index in [1.165, 1.54) is 0 Å². The van der Waals surface area contributed by atoms with E-state index < -0.39 is 11.8 Å². The normalized spacial score (nSPS) is 11.7. The van der Waals surface area contributed by atoms with Gasteiger partial charge in [-0.25, -0.2) is 4.79 Å². The number of carbonyl (C=O) groups excluding carboxylic acids is 1. The molecule has 5 nitrogen and oxygen atoms in total. The number of aromatic nitrogens is 1. The van der Waals surface area contributed by atoms with Crippen molar-refractivity contribution in [1.82, 2.24) is 4.57 Å². The van der Waals surface area contributed by atoms with Crippen molar-refractivity contribution >= 4 is 28.4 Å². The molecule has 98 valence electrons. The van der Waals surface area contributed by atoms with Crippen molar-refractivity contribution in [2.75, 3.05) is 0 Å². The highest BCUT2D eigenvalue weighted by Gasteiger charge is 2.14. The van der Waals surface area contributed by atoms with Crippen LogP contribution in [0.4, 0.5) is 0 Å². The third-order valence-electron chi connectivity index (χ3n) is 2.87. The molecular weight excluding hydrogens is 246 g/mol. The predicted molar refractivity (Wildman–Crippen MR) is 70.9 cm³/mol. The highest BCUT2D eigenvalue weighted by Crippen LogP contribution is 2.23. The van der Waals surface area contributed by atoms with E-state index in [2.05, 4.69) is 0 Å². The molecule has 1 heterocycles. The summed E-state index contributed by atoms with van der Waals surface area (Å²) in [5, 5.41) is 19.4. The van der Waals surface area contributed by atoms with Crippen molar-refractivity contribution in [3.63, 3.8) is 0 Å². The molecule has 0 spiro atoms. The number of hydrogen-bond donors (Lipinski definition) is 2. The molecule has 0 aliphatic rings. The van der Waals surface area contributed by atoms with Gasteiger partial charge in [0.05, 0.1) is 5.69 Å². The molecule has 19 heavy (non-hydrogen) atoms. The van der Waals surface area contributed by atoms with Crippen LogP contribution in [0.25, 0.3) is 16.7 Å². The van der Waals surface area contributed by atoms with E-state index in [0.717, 1.165) is 17.0 Å². The van der Waals surface area contributed by atoms with Crippen LogP contribution in [0.1, 0.15) is 12.6 Å². The van der Waals surface area contributed by atoms with Gasteiger partial charge in [0.25, 0.3) is 5.78 Å². The third kappa shape index (κ3) is 2.35. The van der Waals surface area contributed by atoms with E-state index in [0.29, 0.717) is 12.2 Å². The van der Waals surface area contributed by atoms with Gasteiger partial charge in [0.2, 0.25) is 0 Å². The SMILES string of the molecule is CCn1c(/C(O)=C/C(=O)C(=O)O)cc2ccccc21. The van der Waals surface area contributed by atoms with Crippen molar-refractivity contribution < 1.29 is 19.8 Å². The maximum absolute atomic E-state index is 11.1. The second-order valence-electron chi connectivity index (χ2n) is 4.03. The fourth-order valence-electron chi connectivity index (χ4n) is 2.02. The van der Waals surface area contributed by atoms with Gasteiger partial charge in [0, 0.05) is 23.5 Å². The Kier molecular flexibility index (Phi) is 3.37. The first-order valence-electron chi connectivity index (χ1n) is 5.81. The third-order valence-corrected chi connectivity index (χ3v) is 2.87. The van der Waals surface area contributed by atoms with Gasteiger partial charge in [-0.1, -0.05) is 18.2 Å². The molecule has 2 rings (SSSR count). The summed E-state index contributed by atoms with van der Waals surface area (Å²) in [6, 6.07) is 9.25. The number of carboxylic acids is 1. The second kappa shape index (κ2) is 4.97. The Hall–Kier alpha value is -2.56. The summed E-state index contributed by atoms with van der Waals surface area (Å²) in [5.41, 5.74) is 1.35. The van der Waals surface area contributed by atoms with E-state index in [4.69, 9.17) is 5.11 Å². The number of aliphatic hydroxyl groups excluding tert-OH is 1. The lowest BCUT2D eigenvalue weighted by atomic mass is 10.2. The first kappa shape index (κ1) is 12.9. The standard InChI is InChI=1S/C14H13NO4/c1-2-15-10-6-4-3-5-9(10)7-11(15)12(16)8-13(17)14(18)19/h3-8,16H,2H2,1H3,(H,18,19)/b12-8-. The van der Waals surface area contributed by atoms with Crippen LogP contribution in [0.15, 0.2) is 36.4 Å². The summed E-state index contributed by atoms with van der Waals surface area (Å²) in [7, 11) is 0. The van der Waals surface area contributed by atoms with E-state index in [1.54, 1.807) is 6.07 Å². The number of aliphatic hydroxyl groups is 1. The fraction of sp³-hybridized carbons (Fsp3) is 0.143. The number of aryl methyl sites for hydroxylation is 1. The van der Waals surface area contributed by atoms with Crippen molar-refractivity contribution in [3.05, 3.63) is 42.1 Å². The molecule has 2 N–H and O–H groups in total. The number of para-hydroxylation sites is 1. The molecule has 0 bridgehead atoms. The number of nitrogens with zero attached hydrogens (tertiary/aromatic N) is 1. The van der Waals surface area contributed by atoms with Crippen molar-refractivity contribution in [2.24, 2.45) is 0 Å². The van der Waals surface area contributed by atoms with Crippen LogP contribution >= 0.6 is 0 Å². The number of ketones is 1. The molecule has 1 aromatic carbocycles. The minimum absolute atomic E-state index is 0.342. The summed E-state index contributed by atoms with van der Waals surface area (Å²) in [5.74, 6) is -3.08. The van der Waals surface area contributed by atoms with E-state index in [9.17, 15) is 14.7 Å². The van der Waals surface area contributed by atoms with Gasteiger partial charge in [-0.2, -0.15) is 0 Å². The van der Waals surface area contributed by atoms with Crippen molar-refractivity contribution in [2.45, 2.75) is 13.5 Å². The summed E-state index contributed by atoms with van der Waals surface area (Å²) < 4.78 is 1.82. The number of carbonyl (C=O) groups is 2. The monoisotopic (exact) mass is 259 g/mol. The van der Waals surface area contributed by atoms with Gasteiger partial charge in [-0.15, -0.1) is 0 Å². The van der Waals surface area contributed by atoms with Gasteiger partial charge in [0.15, 0.2) is 0 Å². The van der Waals surface area contributed by atoms with Gasteiger partial charge in [-0.3, -0.25) is 4.79 Å². The molecule has 0 unspecified atom stereocenters. The Bertz CT molecular complexity index is 682. The summed E-state index contributed by atoms with van der Waals surface area (Å²) >= 11 is 0. The Morgan fingerprint density at radius 2 is 1.95 bits per heavy atom. The lowest BCUT2D eigenvalue weighted by Crippen LogP contribution is -2.10. The molecule has 0 amide bonds. The molecule has 0 aliphatic carbocycles. The maximum atomic E-state index is 11.1. The zero-order chi connectivity index (χ0) is 14.0. The van der Waals surface area contributed by atoms with Crippen LogP contribution in [0, 0.1) is 0 Å². The van der Waals surface area contributed by atoms with Crippen LogP contribution in [-0.2, 0) is 16.1 Å². The molecule has 0 saturated carbocycles. The highest BCUT2D eigenvalue weighted by atomic mass is 16.4. The lowest BCUT2D eigenvalue weighted by Gasteiger charge is -2.06. The molecular formula is C14H13NO4. The van der Waals surface area contributed by atoms with Crippen LogP contribution in [0.3, 0.4) is 0 Å². The molecule has 0 saturated heterocycles. The first-order valence-corrected chi connectivity index (χ1v) is 5.81. The molecule has 0 aliphatic heterocycles. The van der Waals surface area contributed by atoms with Crippen molar-refractivity contribution in [1.29, 1.82) is 0 Å². The topological polar surface area (TPSA) is 79.5 Å². The Labute approximate surface area is 109 Å². The largest absolute Gasteiger partial charge is 0.506 e. The second-order valence-corrected chi connectivity index (χ2v) is 4.03. The number of hydrogen-bond acceptors (Lipinski definition) is 3. The molecule has 1 aromatic heterocycles. The Balaban J connectivity index is 2.56. The van der Waals surface area contributed by atoms with Crippen LogP contribution < -0.4 is 0 Å². The van der Waals surface area contributed by atoms with Crippen LogP contribution in [0.2, 0.25) is 0 Å². The zero-order valence-electron chi connectivity index (χ0n) is 10.3. The van der Waals surface area contributed by atoms with Gasteiger partial charge in [-0.05, 0) is 19.1 Å². The molecule has 5 heteroatoms. The summed E-state index contributed by atoms with van der Waals surface area (Å²) in [6.07, 6.45) is 0.725. The quantitative estimate of drug-likeness (QED) is 0.501. The molecule has 0 radical (unpaired) electrons. The summed E-state index contributed by atoms with van der Waals surface area (Å²) in [6.45, 7) is 2.50. The van der Waals surface area contributed by atoms with E-state index in [1.807, 2.05) is 35.8 Å². The molecule has 0 fully saturated rings. The minimum Gasteiger partial charge on any atom is -0.506 e. The number of aliphatic carboxylic acids is 1. The maximum Gasteiger partial charge on any atom is 0.376 e. The minimum atomic E-state index is -1.59. The van der Waals surface area contributed by atoms with Crippen LogP contribution in [0.5, 0.6) is 0 Å². The van der Waals surface area contributed by atoms with Gasteiger partial charge < -0.3 is 14.8 Å². The van der Waals surface area contributed by atoms with Crippen LogP contribution in [-0.4, -0.2) is 26.5 Å². The number of carboxylic acid groups (broad SMARTS) is 1. The molecule has 0 atom stereocenters. The number of rotatable bonds is 4.